The number of aromatic nitrogens is 1. The van der Waals surface area contributed by atoms with Crippen molar-refractivity contribution in [2.24, 2.45) is 5.92 Å². The van der Waals surface area contributed by atoms with E-state index in [4.69, 9.17) is 4.74 Å². The molecule has 25 heavy (non-hydrogen) atoms. The fourth-order valence-corrected chi connectivity index (χ4v) is 3.92. The minimum atomic E-state index is -0.0539. The van der Waals surface area contributed by atoms with Crippen LogP contribution in [0.25, 0.3) is 0 Å². The lowest BCUT2D eigenvalue weighted by molar-refractivity contribution is 0.0777. The standard InChI is InChI=1S/C19H25N3O2S/c1-2-24-14-16-9-6-10-22(13-16)19(23)21-18-20-12-17(25-18)11-15-7-4-3-5-8-15/h3-5,7-8,12,16H,2,6,9-11,13-14H2,1H3,(H,20,21,23). The summed E-state index contributed by atoms with van der Waals surface area (Å²) in [5, 5.41) is 3.62. The summed E-state index contributed by atoms with van der Waals surface area (Å²) in [7, 11) is 0. The molecule has 0 spiro atoms. The van der Waals surface area contributed by atoms with Gasteiger partial charge in [-0.2, -0.15) is 0 Å². The number of rotatable bonds is 6. The van der Waals surface area contributed by atoms with E-state index in [0.717, 1.165) is 50.4 Å². The van der Waals surface area contributed by atoms with Crippen molar-refractivity contribution in [3.05, 3.63) is 47.0 Å². The van der Waals surface area contributed by atoms with E-state index in [1.54, 1.807) is 11.3 Å². The number of anilines is 1. The second-order valence-electron chi connectivity index (χ2n) is 6.34. The van der Waals surface area contributed by atoms with Gasteiger partial charge in [0, 0.05) is 43.1 Å². The van der Waals surface area contributed by atoms with Gasteiger partial charge in [0.05, 0.1) is 6.61 Å². The molecule has 6 heteroatoms. The Bertz CT molecular complexity index is 674. The van der Waals surface area contributed by atoms with E-state index >= 15 is 0 Å². The van der Waals surface area contributed by atoms with Crippen LogP contribution in [-0.4, -0.2) is 42.2 Å². The third-order valence-corrected chi connectivity index (χ3v) is 5.27. The summed E-state index contributed by atoms with van der Waals surface area (Å²) >= 11 is 1.54. The Labute approximate surface area is 153 Å². The van der Waals surface area contributed by atoms with Gasteiger partial charge in [-0.05, 0) is 25.3 Å². The van der Waals surface area contributed by atoms with Crippen molar-refractivity contribution in [2.75, 3.05) is 31.6 Å². The lowest BCUT2D eigenvalue weighted by Gasteiger charge is -2.32. The second kappa shape index (κ2) is 8.97. The zero-order chi connectivity index (χ0) is 17.5. The van der Waals surface area contributed by atoms with Gasteiger partial charge in [0.2, 0.25) is 0 Å². The van der Waals surface area contributed by atoms with Crippen LogP contribution in [0.5, 0.6) is 0 Å². The van der Waals surface area contributed by atoms with E-state index < -0.39 is 0 Å². The van der Waals surface area contributed by atoms with Crippen LogP contribution in [-0.2, 0) is 11.2 Å². The van der Waals surface area contributed by atoms with E-state index in [0.29, 0.717) is 11.0 Å². The molecular formula is C19H25N3O2S. The average Bonchev–Trinajstić information content (AvgIpc) is 3.08. The van der Waals surface area contributed by atoms with Crippen LogP contribution in [0.15, 0.2) is 36.5 Å². The number of hydrogen-bond acceptors (Lipinski definition) is 4. The fourth-order valence-electron chi connectivity index (χ4n) is 3.08. The van der Waals surface area contributed by atoms with Crippen molar-refractivity contribution < 1.29 is 9.53 Å². The predicted octanol–water partition coefficient (Wildman–Crippen LogP) is 4.01. The lowest BCUT2D eigenvalue weighted by Crippen LogP contribution is -2.43. The third kappa shape index (κ3) is 5.28. The van der Waals surface area contributed by atoms with Crippen LogP contribution in [0, 0.1) is 5.92 Å². The molecule has 1 saturated heterocycles. The second-order valence-corrected chi connectivity index (χ2v) is 7.45. The van der Waals surface area contributed by atoms with Crippen molar-refractivity contribution in [1.29, 1.82) is 0 Å². The molecule has 2 amide bonds. The molecule has 3 rings (SSSR count). The van der Waals surface area contributed by atoms with Gasteiger partial charge in [-0.1, -0.05) is 30.3 Å². The Hall–Kier alpha value is -1.92. The van der Waals surface area contributed by atoms with Gasteiger partial charge in [0.15, 0.2) is 5.13 Å². The molecule has 0 bridgehead atoms. The number of piperidine rings is 1. The molecule has 1 fully saturated rings. The molecule has 1 unspecified atom stereocenters. The molecular weight excluding hydrogens is 334 g/mol. The van der Waals surface area contributed by atoms with Crippen molar-refractivity contribution in [2.45, 2.75) is 26.2 Å². The first-order valence-corrected chi connectivity index (χ1v) is 9.68. The van der Waals surface area contributed by atoms with Crippen LogP contribution < -0.4 is 5.32 Å². The molecule has 0 radical (unpaired) electrons. The summed E-state index contributed by atoms with van der Waals surface area (Å²) in [6.07, 6.45) is 4.85. The van der Waals surface area contributed by atoms with Crippen LogP contribution in [0.4, 0.5) is 9.93 Å². The normalized spacial score (nSPS) is 17.5. The van der Waals surface area contributed by atoms with Crippen LogP contribution in [0.3, 0.4) is 0 Å². The number of benzene rings is 1. The molecule has 1 aromatic carbocycles. The predicted molar refractivity (Wildman–Crippen MR) is 101 cm³/mol. The van der Waals surface area contributed by atoms with Crippen molar-refractivity contribution in [3.8, 4) is 0 Å². The first-order valence-electron chi connectivity index (χ1n) is 8.87. The van der Waals surface area contributed by atoms with Crippen molar-refractivity contribution in [3.63, 3.8) is 0 Å². The van der Waals surface area contributed by atoms with Gasteiger partial charge in [-0.3, -0.25) is 5.32 Å². The van der Waals surface area contributed by atoms with Crippen LogP contribution in [0.2, 0.25) is 0 Å². The van der Waals surface area contributed by atoms with Gasteiger partial charge in [0.25, 0.3) is 0 Å². The van der Waals surface area contributed by atoms with Crippen LogP contribution >= 0.6 is 11.3 Å². The lowest BCUT2D eigenvalue weighted by atomic mass is 9.99. The fraction of sp³-hybridized carbons (Fsp3) is 0.474. The molecule has 134 valence electrons. The number of hydrogen-bond donors (Lipinski definition) is 1. The minimum absolute atomic E-state index is 0.0539. The quantitative estimate of drug-likeness (QED) is 0.848. The number of carbonyl (C=O) groups is 1. The highest BCUT2D eigenvalue weighted by Gasteiger charge is 2.24. The Kier molecular flexibility index (Phi) is 6.42. The van der Waals surface area contributed by atoms with Gasteiger partial charge in [-0.15, -0.1) is 11.3 Å². The maximum Gasteiger partial charge on any atom is 0.323 e. The first-order chi connectivity index (χ1) is 12.2. The number of amides is 2. The molecule has 1 N–H and O–H groups in total. The Morgan fingerprint density at radius 3 is 3.04 bits per heavy atom. The molecule has 1 aliphatic rings. The number of urea groups is 1. The zero-order valence-corrected chi connectivity index (χ0v) is 15.4. The molecule has 5 nitrogen and oxygen atoms in total. The molecule has 0 saturated carbocycles. The number of carbonyl (C=O) groups excluding carboxylic acids is 1. The van der Waals surface area contributed by atoms with Crippen molar-refractivity contribution >= 4 is 22.5 Å². The largest absolute Gasteiger partial charge is 0.381 e. The summed E-state index contributed by atoms with van der Waals surface area (Å²) in [5.41, 5.74) is 1.25. The van der Waals surface area contributed by atoms with Gasteiger partial charge < -0.3 is 9.64 Å². The Morgan fingerprint density at radius 2 is 2.24 bits per heavy atom. The molecule has 2 heterocycles. The number of thiazole rings is 1. The number of likely N-dealkylation sites (tertiary alicyclic amines) is 1. The smallest absolute Gasteiger partial charge is 0.323 e. The van der Waals surface area contributed by atoms with E-state index in [1.807, 2.05) is 36.2 Å². The molecule has 0 aliphatic carbocycles. The summed E-state index contributed by atoms with van der Waals surface area (Å²) in [4.78, 5) is 19.9. The topological polar surface area (TPSA) is 54.5 Å². The molecule has 1 aliphatic heterocycles. The molecule has 2 aromatic rings. The van der Waals surface area contributed by atoms with E-state index in [1.165, 1.54) is 5.56 Å². The summed E-state index contributed by atoms with van der Waals surface area (Å²) in [6.45, 7) is 5.03. The Balaban J connectivity index is 1.52. The highest BCUT2D eigenvalue weighted by atomic mass is 32.1. The summed E-state index contributed by atoms with van der Waals surface area (Å²) in [6, 6.07) is 10.2. The van der Waals surface area contributed by atoms with Crippen LogP contribution in [0.1, 0.15) is 30.2 Å². The van der Waals surface area contributed by atoms with Gasteiger partial charge >= 0.3 is 6.03 Å². The monoisotopic (exact) mass is 359 g/mol. The zero-order valence-electron chi connectivity index (χ0n) is 14.6. The Morgan fingerprint density at radius 1 is 1.40 bits per heavy atom. The SMILES string of the molecule is CCOCC1CCCN(C(=O)Nc2ncc(Cc3ccccc3)s2)C1. The third-order valence-electron chi connectivity index (χ3n) is 4.35. The van der Waals surface area contributed by atoms with Gasteiger partial charge in [0.1, 0.15) is 0 Å². The number of nitrogens with zero attached hydrogens (tertiary/aromatic N) is 2. The number of ether oxygens (including phenoxy) is 1. The van der Waals surface area contributed by atoms with E-state index in [2.05, 4.69) is 22.4 Å². The maximum atomic E-state index is 12.5. The van der Waals surface area contributed by atoms with E-state index in [-0.39, 0.29) is 6.03 Å². The summed E-state index contributed by atoms with van der Waals surface area (Å²) in [5.74, 6) is 0.435. The molecule has 1 atom stereocenters. The van der Waals surface area contributed by atoms with Crippen molar-refractivity contribution in [1.82, 2.24) is 9.88 Å². The molecule has 1 aromatic heterocycles. The first kappa shape index (κ1) is 17.9. The minimum Gasteiger partial charge on any atom is -0.381 e. The average molecular weight is 359 g/mol. The van der Waals surface area contributed by atoms with Gasteiger partial charge in [-0.25, -0.2) is 9.78 Å². The summed E-state index contributed by atoms with van der Waals surface area (Å²) < 4.78 is 5.51. The highest BCUT2D eigenvalue weighted by Crippen LogP contribution is 2.23. The highest BCUT2D eigenvalue weighted by molar-refractivity contribution is 7.15. The number of nitrogens with one attached hydrogen (secondary N) is 1. The maximum absolute atomic E-state index is 12.5. The van der Waals surface area contributed by atoms with E-state index in [9.17, 15) is 4.79 Å².